The third-order valence-corrected chi connectivity index (χ3v) is 5.00. The lowest BCUT2D eigenvalue weighted by atomic mass is 10.1. The number of halogens is 1. The van der Waals surface area contributed by atoms with Gasteiger partial charge in [-0.05, 0) is 48.7 Å². The molecule has 0 saturated heterocycles. The van der Waals surface area contributed by atoms with E-state index >= 15 is 0 Å². The Hall–Kier alpha value is -3.38. The number of aryl methyl sites for hydroxylation is 1. The predicted octanol–water partition coefficient (Wildman–Crippen LogP) is 4.26. The molecule has 2 aromatic heterocycles. The number of phenolic OH excluding ortho intramolecular Hbond substituents is 1. The summed E-state index contributed by atoms with van der Waals surface area (Å²) in [5, 5.41) is 13.3. The highest BCUT2D eigenvalue weighted by molar-refractivity contribution is 6.33. The second kappa shape index (κ2) is 7.93. The number of carbonyl (C=O) groups is 1. The quantitative estimate of drug-likeness (QED) is 0.461. The van der Waals surface area contributed by atoms with Gasteiger partial charge in [0.2, 0.25) is 0 Å². The number of imidazole rings is 1. The number of pyridine rings is 1. The molecular formula is C22H19ClN4O2. The molecule has 2 heterocycles. The van der Waals surface area contributed by atoms with Crippen molar-refractivity contribution in [2.75, 3.05) is 6.54 Å². The molecule has 1 amide bonds. The highest BCUT2D eigenvalue weighted by Gasteiger charge is 2.16. The number of aromatic hydroxyl groups is 1. The van der Waals surface area contributed by atoms with Gasteiger partial charge in [-0.25, -0.2) is 9.97 Å². The molecule has 0 spiro atoms. The van der Waals surface area contributed by atoms with Crippen molar-refractivity contribution >= 4 is 28.7 Å². The number of hydrogen-bond acceptors (Lipinski definition) is 4. The number of aromatic nitrogens is 3. The van der Waals surface area contributed by atoms with Crippen molar-refractivity contribution in [3.05, 3.63) is 76.4 Å². The van der Waals surface area contributed by atoms with E-state index in [1.165, 1.54) is 0 Å². The number of benzene rings is 2. The number of aromatic amines is 1. The van der Waals surface area contributed by atoms with E-state index in [9.17, 15) is 9.90 Å². The zero-order valence-electron chi connectivity index (χ0n) is 15.7. The van der Waals surface area contributed by atoms with Crippen LogP contribution < -0.4 is 5.32 Å². The number of nitrogens with one attached hydrogen (secondary N) is 2. The molecule has 0 radical (unpaired) electrons. The normalized spacial score (nSPS) is 11.0. The smallest absolute Gasteiger partial charge is 0.253 e. The van der Waals surface area contributed by atoms with Crippen molar-refractivity contribution in [2.24, 2.45) is 0 Å². The Morgan fingerprint density at radius 3 is 2.83 bits per heavy atom. The van der Waals surface area contributed by atoms with E-state index in [-0.39, 0.29) is 11.7 Å². The first-order chi connectivity index (χ1) is 14.0. The van der Waals surface area contributed by atoms with Gasteiger partial charge < -0.3 is 15.4 Å². The van der Waals surface area contributed by atoms with Gasteiger partial charge in [-0.3, -0.25) is 4.79 Å². The summed E-state index contributed by atoms with van der Waals surface area (Å²) >= 11 is 6.35. The van der Waals surface area contributed by atoms with Gasteiger partial charge in [0, 0.05) is 18.3 Å². The molecule has 4 rings (SSSR count). The third kappa shape index (κ3) is 3.93. The molecule has 29 heavy (non-hydrogen) atoms. The lowest BCUT2D eigenvalue weighted by Crippen LogP contribution is -2.26. The first kappa shape index (κ1) is 19.0. The van der Waals surface area contributed by atoms with Crippen LogP contribution in [0, 0.1) is 6.92 Å². The van der Waals surface area contributed by atoms with E-state index in [0.717, 1.165) is 16.7 Å². The van der Waals surface area contributed by atoms with E-state index in [2.05, 4.69) is 20.3 Å². The molecule has 0 bridgehead atoms. The largest absolute Gasteiger partial charge is 0.508 e. The number of nitrogens with zero attached hydrogens (tertiary/aromatic N) is 2. The molecule has 0 unspecified atom stereocenters. The second-order valence-electron chi connectivity index (χ2n) is 6.76. The van der Waals surface area contributed by atoms with E-state index in [1.54, 1.807) is 24.4 Å². The summed E-state index contributed by atoms with van der Waals surface area (Å²) in [6.45, 7) is 2.36. The molecule has 7 heteroatoms. The first-order valence-electron chi connectivity index (χ1n) is 9.19. The van der Waals surface area contributed by atoms with E-state index in [4.69, 9.17) is 11.6 Å². The van der Waals surface area contributed by atoms with Crippen LogP contribution in [0.5, 0.6) is 5.75 Å². The lowest BCUT2D eigenvalue weighted by Gasteiger charge is -2.07. The minimum atomic E-state index is -0.238. The summed E-state index contributed by atoms with van der Waals surface area (Å²) in [6.07, 6.45) is 2.08. The van der Waals surface area contributed by atoms with Crippen LogP contribution >= 0.6 is 11.6 Å². The zero-order valence-corrected chi connectivity index (χ0v) is 16.5. The molecule has 6 nitrogen and oxygen atoms in total. The maximum atomic E-state index is 12.7. The summed E-state index contributed by atoms with van der Waals surface area (Å²) in [6, 6.07) is 14.4. The molecule has 4 aromatic rings. The Bertz CT molecular complexity index is 1200. The van der Waals surface area contributed by atoms with Gasteiger partial charge in [0.1, 0.15) is 11.6 Å². The lowest BCUT2D eigenvalue weighted by molar-refractivity contribution is 0.0955. The average Bonchev–Trinajstić information content (AvgIpc) is 3.13. The van der Waals surface area contributed by atoms with Gasteiger partial charge in [0.05, 0.1) is 16.1 Å². The number of H-pyrrole nitrogens is 1. The summed E-state index contributed by atoms with van der Waals surface area (Å²) in [5.41, 5.74) is 4.04. The maximum absolute atomic E-state index is 12.7. The fraction of sp³-hybridized carbons (Fsp3) is 0.136. The van der Waals surface area contributed by atoms with Crippen molar-refractivity contribution in [3.63, 3.8) is 0 Å². The molecule has 0 aliphatic carbocycles. The van der Waals surface area contributed by atoms with Gasteiger partial charge in [-0.2, -0.15) is 0 Å². The Morgan fingerprint density at radius 1 is 1.21 bits per heavy atom. The second-order valence-corrected chi connectivity index (χ2v) is 7.17. The molecular weight excluding hydrogens is 388 g/mol. The highest BCUT2D eigenvalue weighted by atomic mass is 35.5. The van der Waals surface area contributed by atoms with E-state index in [1.807, 2.05) is 37.3 Å². The minimum Gasteiger partial charge on any atom is -0.508 e. The number of carbonyl (C=O) groups excluding carboxylic acids is 1. The Balaban J connectivity index is 1.56. The van der Waals surface area contributed by atoms with E-state index < -0.39 is 0 Å². The third-order valence-electron chi connectivity index (χ3n) is 4.69. The van der Waals surface area contributed by atoms with Crippen molar-refractivity contribution in [2.45, 2.75) is 13.3 Å². The SMILES string of the molecule is Cc1ccc(-c2nc3nccc(C(=O)NCCc4ccccc4O)c3[nH]2)c(Cl)c1. The predicted molar refractivity (Wildman–Crippen MR) is 113 cm³/mol. The van der Waals surface area contributed by atoms with Crippen LogP contribution in [0.2, 0.25) is 5.02 Å². The van der Waals surface area contributed by atoms with Gasteiger partial charge in [0.15, 0.2) is 5.65 Å². The Morgan fingerprint density at radius 2 is 2.03 bits per heavy atom. The highest BCUT2D eigenvalue weighted by Crippen LogP contribution is 2.28. The number of rotatable bonds is 5. The number of hydrogen-bond donors (Lipinski definition) is 3. The van der Waals surface area contributed by atoms with Crippen LogP contribution in [-0.2, 0) is 6.42 Å². The van der Waals surface area contributed by atoms with Crippen LogP contribution in [0.3, 0.4) is 0 Å². The van der Waals surface area contributed by atoms with Crippen LogP contribution in [-0.4, -0.2) is 32.5 Å². The maximum Gasteiger partial charge on any atom is 0.253 e. The standard InChI is InChI=1S/C22H19ClN4O2/c1-13-6-7-15(17(23)12-13)20-26-19-16(9-11-24-21(19)27-20)22(29)25-10-8-14-4-2-3-5-18(14)28/h2-7,9,11-12,28H,8,10H2,1H3,(H,25,29)(H,24,26,27). The molecule has 146 valence electrons. The number of para-hydroxylation sites is 1. The molecule has 0 atom stereocenters. The van der Waals surface area contributed by atoms with Gasteiger partial charge in [-0.1, -0.05) is 35.9 Å². The van der Waals surface area contributed by atoms with Crippen LogP contribution in [0.1, 0.15) is 21.5 Å². The topological polar surface area (TPSA) is 90.9 Å². The molecule has 0 aliphatic heterocycles. The van der Waals surface area contributed by atoms with Gasteiger partial charge in [0.25, 0.3) is 5.91 Å². The van der Waals surface area contributed by atoms with Gasteiger partial charge in [-0.15, -0.1) is 0 Å². The summed E-state index contributed by atoms with van der Waals surface area (Å²) in [7, 11) is 0. The summed E-state index contributed by atoms with van der Waals surface area (Å²) in [4.78, 5) is 24.6. The van der Waals surface area contributed by atoms with Crippen molar-refractivity contribution in [1.29, 1.82) is 0 Å². The number of fused-ring (bicyclic) bond motifs is 1. The molecule has 0 fully saturated rings. The Labute approximate surface area is 172 Å². The van der Waals surface area contributed by atoms with Crippen molar-refractivity contribution in [1.82, 2.24) is 20.3 Å². The monoisotopic (exact) mass is 406 g/mol. The fourth-order valence-corrected chi connectivity index (χ4v) is 3.49. The number of amides is 1. The van der Waals surface area contributed by atoms with Crippen LogP contribution in [0.25, 0.3) is 22.6 Å². The fourth-order valence-electron chi connectivity index (χ4n) is 3.17. The molecule has 2 aromatic carbocycles. The molecule has 3 N–H and O–H groups in total. The van der Waals surface area contributed by atoms with Crippen molar-refractivity contribution in [3.8, 4) is 17.1 Å². The average molecular weight is 407 g/mol. The Kier molecular flexibility index (Phi) is 5.18. The number of phenols is 1. The summed E-state index contributed by atoms with van der Waals surface area (Å²) in [5.74, 6) is 0.547. The zero-order chi connectivity index (χ0) is 20.4. The van der Waals surface area contributed by atoms with Crippen molar-refractivity contribution < 1.29 is 9.90 Å². The minimum absolute atomic E-state index is 0.223. The molecule has 0 aliphatic rings. The first-order valence-corrected chi connectivity index (χ1v) is 9.57. The summed E-state index contributed by atoms with van der Waals surface area (Å²) < 4.78 is 0. The molecule has 0 saturated carbocycles. The van der Waals surface area contributed by atoms with Crippen LogP contribution in [0.4, 0.5) is 0 Å². The van der Waals surface area contributed by atoms with Crippen LogP contribution in [0.15, 0.2) is 54.7 Å². The van der Waals surface area contributed by atoms with E-state index in [0.29, 0.717) is 40.5 Å². The van der Waals surface area contributed by atoms with Gasteiger partial charge >= 0.3 is 0 Å².